The van der Waals surface area contributed by atoms with Crippen LogP contribution in [-0.4, -0.2) is 60.7 Å². The van der Waals surface area contributed by atoms with E-state index >= 15 is 0 Å². The average Bonchev–Trinajstić information content (AvgIpc) is 2.84. The number of nitrogens with zero attached hydrogens (tertiary/aromatic N) is 4. The molecule has 2 amide bonds. The van der Waals surface area contributed by atoms with Gasteiger partial charge in [-0.05, 0) is 30.2 Å². The van der Waals surface area contributed by atoms with Gasteiger partial charge >= 0.3 is 6.03 Å². The predicted octanol–water partition coefficient (Wildman–Crippen LogP) is 3.72. The van der Waals surface area contributed by atoms with E-state index in [1.54, 1.807) is 47.5 Å². The second-order valence-electron chi connectivity index (χ2n) is 8.38. The fourth-order valence-corrected chi connectivity index (χ4v) is 4.05. The van der Waals surface area contributed by atoms with E-state index in [2.05, 4.69) is 15.6 Å². The number of urea groups is 1. The first kappa shape index (κ1) is 23.2. The van der Waals surface area contributed by atoms with Crippen LogP contribution in [-0.2, 0) is 0 Å². The molecule has 1 fully saturated rings. The van der Waals surface area contributed by atoms with Gasteiger partial charge in [-0.3, -0.25) is 0 Å². The van der Waals surface area contributed by atoms with Gasteiger partial charge in [-0.1, -0.05) is 26.0 Å². The smallest absolute Gasteiger partial charge is 0.321 e. The first-order chi connectivity index (χ1) is 16.5. The molecular weight excluding hydrogens is 439 g/mol. The van der Waals surface area contributed by atoms with Crippen molar-refractivity contribution in [2.75, 3.05) is 43.5 Å². The van der Waals surface area contributed by atoms with Crippen LogP contribution in [0.3, 0.4) is 0 Å². The van der Waals surface area contributed by atoms with E-state index in [0.29, 0.717) is 50.0 Å². The molecule has 0 aromatic heterocycles. The molecule has 178 valence electrons. The predicted molar refractivity (Wildman–Crippen MR) is 126 cm³/mol. The van der Waals surface area contributed by atoms with Crippen LogP contribution in [0.15, 0.2) is 47.5 Å². The molecule has 0 bridgehead atoms. The SMILES string of the molecule is CC(C)C1CN(C(=O)Nc2ccc3c(c2)OCCO3)CCN1/C(=N/C#N)Nc1ccccc1F. The Balaban J connectivity index is 1.46. The third-order valence-electron chi connectivity index (χ3n) is 5.82. The monoisotopic (exact) mass is 466 g/mol. The summed E-state index contributed by atoms with van der Waals surface area (Å²) in [6, 6.07) is 11.2. The number of aliphatic imine (C=N–C) groups is 1. The number of nitriles is 1. The van der Waals surface area contributed by atoms with Crippen molar-refractivity contribution in [2.45, 2.75) is 19.9 Å². The van der Waals surface area contributed by atoms with E-state index < -0.39 is 5.82 Å². The average molecular weight is 467 g/mol. The van der Waals surface area contributed by atoms with E-state index in [1.165, 1.54) is 6.07 Å². The molecule has 0 aliphatic carbocycles. The summed E-state index contributed by atoms with van der Waals surface area (Å²) in [6.45, 7) is 6.29. The Morgan fingerprint density at radius 3 is 2.65 bits per heavy atom. The maximum atomic E-state index is 14.2. The Kier molecular flexibility index (Phi) is 7.01. The van der Waals surface area contributed by atoms with Gasteiger partial charge in [0.2, 0.25) is 12.2 Å². The number of rotatable bonds is 3. The van der Waals surface area contributed by atoms with Gasteiger partial charge in [-0.25, -0.2) is 9.18 Å². The summed E-state index contributed by atoms with van der Waals surface area (Å²) in [4.78, 5) is 20.6. The Bertz CT molecular complexity index is 1120. The molecule has 0 spiro atoms. The quantitative estimate of drug-likeness (QED) is 0.406. The lowest BCUT2D eigenvalue weighted by atomic mass is 10.00. The number of piperazine rings is 1. The Hall–Kier alpha value is -4.00. The lowest BCUT2D eigenvalue weighted by molar-refractivity contribution is 0.120. The van der Waals surface area contributed by atoms with E-state index in [0.717, 1.165) is 0 Å². The summed E-state index contributed by atoms with van der Waals surface area (Å²) >= 11 is 0. The van der Waals surface area contributed by atoms with Gasteiger partial charge in [-0.15, -0.1) is 4.99 Å². The van der Waals surface area contributed by atoms with E-state index in [1.807, 2.05) is 18.7 Å². The van der Waals surface area contributed by atoms with Crippen LogP contribution in [0.4, 0.5) is 20.6 Å². The van der Waals surface area contributed by atoms with E-state index in [-0.39, 0.29) is 29.6 Å². The van der Waals surface area contributed by atoms with Crippen molar-refractivity contribution >= 4 is 23.4 Å². The zero-order valence-electron chi connectivity index (χ0n) is 19.1. The summed E-state index contributed by atoms with van der Waals surface area (Å²) in [5.41, 5.74) is 0.850. The van der Waals surface area contributed by atoms with Crippen molar-refractivity contribution in [3.05, 3.63) is 48.3 Å². The minimum absolute atomic E-state index is 0.133. The minimum Gasteiger partial charge on any atom is -0.486 e. The highest BCUT2D eigenvalue weighted by Crippen LogP contribution is 2.32. The molecule has 2 heterocycles. The fourth-order valence-electron chi connectivity index (χ4n) is 4.05. The number of carbonyl (C=O) groups excluding carboxylic acids is 1. The lowest BCUT2D eigenvalue weighted by Gasteiger charge is -2.44. The standard InChI is InChI=1S/C24H27FN6O3/c1-16(2)20-14-30(24(32)28-17-7-8-21-22(13-17)34-12-11-33-21)9-10-31(20)23(27-15-26)29-19-6-4-3-5-18(19)25/h3-8,13,16,20H,9-12,14H2,1-2H3,(H,27,29)(H,28,32). The van der Waals surface area contributed by atoms with E-state index in [4.69, 9.17) is 9.47 Å². The zero-order valence-corrected chi connectivity index (χ0v) is 19.1. The topological polar surface area (TPSA) is 102 Å². The van der Waals surface area contributed by atoms with Gasteiger partial charge in [0.25, 0.3) is 0 Å². The van der Waals surface area contributed by atoms with Crippen molar-refractivity contribution in [1.82, 2.24) is 9.80 Å². The number of hydrogen-bond donors (Lipinski definition) is 2. The molecule has 1 atom stereocenters. The van der Waals surface area contributed by atoms with Crippen LogP contribution in [0.1, 0.15) is 13.8 Å². The number of para-hydroxylation sites is 1. The number of halogens is 1. The number of benzene rings is 2. The number of guanidine groups is 1. The fraction of sp³-hybridized carbons (Fsp3) is 0.375. The molecule has 2 aromatic carbocycles. The summed E-state index contributed by atoms with van der Waals surface area (Å²) in [7, 11) is 0. The lowest BCUT2D eigenvalue weighted by Crippen LogP contribution is -2.60. The summed E-state index contributed by atoms with van der Waals surface area (Å²) in [5.74, 6) is 1.22. The van der Waals surface area contributed by atoms with Gasteiger partial charge in [-0.2, -0.15) is 5.26 Å². The normalized spacial score (nSPS) is 17.9. The number of fused-ring (bicyclic) bond motifs is 1. The number of carbonyl (C=O) groups is 1. The molecule has 2 aromatic rings. The second-order valence-corrected chi connectivity index (χ2v) is 8.38. The van der Waals surface area contributed by atoms with E-state index in [9.17, 15) is 14.4 Å². The van der Waals surface area contributed by atoms with Crippen LogP contribution < -0.4 is 20.1 Å². The molecule has 34 heavy (non-hydrogen) atoms. The van der Waals surface area contributed by atoms with Crippen molar-refractivity contribution in [2.24, 2.45) is 10.9 Å². The van der Waals surface area contributed by atoms with Crippen LogP contribution in [0, 0.1) is 23.2 Å². The van der Waals surface area contributed by atoms with Crippen LogP contribution in [0.5, 0.6) is 11.5 Å². The van der Waals surface area contributed by atoms with Crippen molar-refractivity contribution in [1.29, 1.82) is 5.26 Å². The van der Waals surface area contributed by atoms with Crippen molar-refractivity contribution in [3.8, 4) is 17.7 Å². The Morgan fingerprint density at radius 1 is 1.15 bits per heavy atom. The Morgan fingerprint density at radius 2 is 1.91 bits per heavy atom. The highest BCUT2D eigenvalue weighted by molar-refractivity contribution is 5.95. The number of nitrogens with one attached hydrogen (secondary N) is 2. The van der Waals surface area contributed by atoms with Gasteiger partial charge in [0, 0.05) is 31.4 Å². The maximum Gasteiger partial charge on any atom is 0.321 e. The molecule has 2 aliphatic heterocycles. The molecule has 0 saturated carbocycles. The first-order valence-electron chi connectivity index (χ1n) is 11.2. The van der Waals surface area contributed by atoms with Crippen molar-refractivity contribution in [3.63, 3.8) is 0 Å². The highest BCUT2D eigenvalue weighted by atomic mass is 19.1. The summed E-state index contributed by atoms with van der Waals surface area (Å²) < 4.78 is 25.3. The van der Waals surface area contributed by atoms with Gasteiger partial charge in [0.1, 0.15) is 19.0 Å². The summed E-state index contributed by atoms with van der Waals surface area (Å²) in [6.07, 6.45) is 1.80. The molecule has 10 heteroatoms. The number of ether oxygens (including phenoxy) is 2. The molecule has 0 radical (unpaired) electrons. The molecule has 1 unspecified atom stereocenters. The summed E-state index contributed by atoms with van der Waals surface area (Å²) in [5, 5.41) is 15.1. The number of hydrogen-bond acceptors (Lipinski definition) is 5. The van der Waals surface area contributed by atoms with Gasteiger partial charge in [0.05, 0.1) is 11.7 Å². The van der Waals surface area contributed by atoms with Crippen LogP contribution >= 0.6 is 0 Å². The zero-order chi connectivity index (χ0) is 24.1. The molecule has 1 saturated heterocycles. The van der Waals surface area contributed by atoms with Gasteiger partial charge in [0.15, 0.2) is 11.5 Å². The highest BCUT2D eigenvalue weighted by Gasteiger charge is 2.34. The molecular formula is C24H27FN6O3. The molecule has 2 N–H and O–H groups in total. The largest absolute Gasteiger partial charge is 0.486 e. The van der Waals surface area contributed by atoms with Gasteiger partial charge < -0.3 is 29.9 Å². The second kappa shape index (κ2) is 10.3. The maximum absolute atomic E-state index is 14.2. The number of anilines is 2. The first-order valence-corrected chi connectivity index (χ1v) is 11.2. The Labute approximate surface area is 197 Å². The molecule has 4 rings (SSSR count). The number of amides is 2. The van der Waals surface area contributed by atoms with Crippen LogP contribution in [0.2, 0.25) is 0 Å². The third kappa shape index (κ3) is 5.14. The van der Waals surface area contributed by atoms with Crippen molar-refractivity contribution < 1.29 is 18.7 Å². The molecule has 9 nitrogen and oxygen atoms in total. The molecule has 2 aliphatic rings. The minimum atomic E-state index is -0.438. The van der Waals surface area contributed by atoms with Crippen LogP contribution in [0.25, 0.3) is 0 Å². The third-order valence-corrected chi connectivity index (χ3v) is 5.82.